The van der Waals surface area contributed by atoms with Gasteiger partial charge in [0.2, 0.25) is 17.7 Å². The molecule has 0 unspecified atom stereocenters. The molecule has 24 heavy (non-hydrogen) atoms. The van der Waals surface area contributed by atoms with Gasteiger partial charge in [-0.15, -0.1) is 0 Å². The summed E-state index contributed by atoms with van der Waals surface area (Å²) in [7, 11) is 0. The van der Waals surface area contributed by atoms with Crippen molar-refractivity contribution in [2.45, 2.75) is 31.7 Å². The van der Waals surface area contributed by atoms with Gasteiger partial charge in [-0.3, -0.25) is 14.4 Å². The third-order valence-corrected chi connectivity index (χ3v) is 4.81. The molecule has 2 fully saturated rings. The zero-order valence-electron chi connectivity index (χ0n) is 13.3. The molecule has 2 saturated heterocycles. The van der Waals surface area contributed by atoms with Crippen LogP contribution in [0.25, 0.3) is 0 Å². The average Bonchev–Trinajstić information content (AvgIpc) is 2.83. The molecule has 3 rings (SSSR count). The molecule has 2 heterocycles. The van der Waals surface area contributed by atoms with Crippen molar-refractivity contribution in [1.82, 2.24) is 10.6 Å². The molecule has 0 spiro atoms. The van der Waals surface area contributed by atoms with E-state index in [0.29, 0.717) is 23.7 Å². The summed E-state index contributed by atoms with van der Waals surface area (Å²) in [6, 6.07) is 6.57. The zero-order chi connectivity index (χ0) is 17.1. The van der Waals surface area contributed by atoms with Crippen molar-refractivity contribution in [3.8, 4) is 0 Å². The number of benzene rings is 1. The van der Waals surface area contributed by atoms with Crippen molar-refractivity contribution in [3.05, 3.63) is 29.3 Å². The van der Waals surface area contributed by atoms with Gasteiger partial charge >= 0.3 is 0 Å². The van der Waals surface area contributed by atoms with Crippen LogP contribution in [0.5, 0.6) is 0 Å². The highest BCUT2D eigenvalue weighted by Crippen LogP contribution is 2.31. The third-order valence-electron chi connectivity index (χ3n) is 4.49. The van der Waals surface area contributed by atoms with Crippen molar-refractivity contribution < 1.29 is 14.4 Å². The van der Waals surface area contributed by atoms with Gasteiger partial charge < -0.3 is 15.5 Å². The molecule has 0 aromatic heterocycles. The van der Waals surface area contributed by atoms with Crippen LogP contribution in [0.2, 0.25) is 5.02 Å². The molecule has 3 amide bonds. The van der Waals surface area contributed by atoms with E-state index in [1.807, 2.05) is 0 Å². The van der Waals surface area contributed by atoms with E-state index in [-0.39, 0.29) is 30.7 Å². The molecule has 1 aromatic rings. The first-order valence-electron chi connectivity index (χ1n) is 8.19. The van der Waals surface area contributed by atoms with Gasteiger partial charge in [0.05, 0.1) is 16.6 Å². The number of rotatable bonds is 3. The number of halogens is 1. The quantitative estimate of drug-likeness (QED) is 0.867. The van der Waals surface area contributed by atoms with E-state index < -0.39 is 12.0 Å². The third kappa shape index (κ3) is 3.53. The number of anilines is 1. The Labute approximate surface area is 145 Å². The SMILES string of the molecule is O=C(N[C@@H]1CCCCNC1=O)[C@@H]1CC(=O)N(c2ccccc2Cl)C1. The van der Waals surface area contributed by atoms with E-state index in [0.717, 1.165) is 12.8 Å². The first-order chi connectivity index (χ1) is 11.6. The van der Waals surface area contributed by atoms with Crippen LogP contribution in [-0.2, 0) is 14.4 Å². The van der Waals surface area contributed by atoms with Gasteiger partial charge in [0.25, 0.3) is 0 Å². The molecule has 1 aromatic carbocycles. The predicted octanol–water partition coefficient (Wildman–Crippen LogP) is 1.48. The Morgan fingerprint density at radius 1 is 1.25 bits per heavy atom. The minimum atomic E-state index is -0.510. The highest BCUT2D eigenvalue weighted by Gasteiger charge is 2.37. The smallest absolute Gasteiger partial charge is 0.242 e. The minimum Gasteiger partial charge on any atom is -0.354 e. The number of carbonyl (C=O) groups is 3. The lowest BCUT2D eigenvalue weighted by Crippen LogP contribution is -2.47. The highest BCUT2D eigenvalue weighted by molar-refractivity contribution is 6.33. The van der Waals surface area contributed by atoms with Crippen LogP contribution in [0.1, 0.15) is 25.7 Å². The van der Waals surface area contributed by atoms with E-state index in [1.54, 1.807) is 29.2 Å². The lowest BCUT2D eigenvalue weighted by Gasteiger charge is -2.19. The Morgan fingerprint density at radius 2 is 2.04 bits per heavy atom. The molecule has 0 aliphatic carbocycles. The van der Waals surface area contributed by atoms with E-state index in [9.17, 15) is 14.4 Å². The van der Waals surface area contributed by atoms with Gasteiger partial charge in [0.1, 0.15) is 6.04 Å². The van der Waals surface area contributed by atoms with Crippen molar-refractivity contribution in [2.24, 2.45) is 5.92 Å². The topological polar surface area (TPSA) is 78.5 Å². The van der Waals surface area contributed by atoms with Crippen LogP contribution in [0.4, 0.5) is 5.69 Å². The van der Waals surface area contributed by atoms with Crippen LogP contribution in [0, 0.1) is 5.92 Å². The first-order valence-corrected chi connectivity index (χ1v) is 8.57. The maximum Gasteiger partial charge on any atom is 0.242 e. The molecule has 2 atom stereocenters. The zero-order valence-corrected chi connectivity index (χ0v) is 14.0. The van der Waals surface area contributed by atoms with Crippen molar-refractivity contribution in [1.29, 1.82) is 0 Å². The number of hydrogen-bond acceptors (Lipinski definition) is 3. The van der Waals surface area contributed by atoms with Gasteiger partial charge in [-0.25, -0.2) is 0 Å². The molecular weight excluding hydrogens is 330 g/mol. The lowest BCUT2D eigenvalue weighted by atomic mass is 10.1. The molecule has 0 bridgehead atoms. The molecule has 6 nitrogen and oxygen atoms in total. The summed E-state index contributed by atoms with van der Waals surface area (Å²) < 4.78 is 0. The summed E-state index contributed by atoms with van der Waals surface area (Å²) in [5.74, 6) is -0.994. The Kier molecular flexibility index (Phi) is 5.04. The second kappa shape index (κ2) is 7.21. The second-order valence-corrected chi connectivity index (χ2v) is 6.61. The Hall–Kier alpha value is -2.08. The van der Waals surface area contributed by atoms with E-state index >= 15 is 0 Å². The number of para-hydroxylation sites is 1. The van der Waals surface area contributed by atoms with Crippen LogP contribution in [-0.4, -0.2) is 36.9 Å². The lowest BCUT2D eigenvalue weighted by molar-refractivity contribution is -0.131. The molecule has 7 heteroatoms. The highest BCUT2D eigenvalue weighted by atomic mass is 35.5. The summed E-state index contributed by atoms with van der Waals surface area (Å²) in [6.45, 7) is 0.927. The van der Waals surface area contributed by atoms with E-state index in [2.05, 4.69) is 10.6 Å². The van der Waals surface area contributed by atoms with Gasteiger partial charge in [0.15, 0.2) is 0 Å². The maximum atomic E-state index is 12.5. The number of amides is 3. The predicted molar refractivity (Wildman–Crippen MR) is 90.7 cm³/mol. The van der Waals surface area contributed by atoms with Crippen LogP contribution < -0.4 is 15.5 Å². The average molecular weight is 350 g/mol. The van der Waals surface area contributed by atoms with Crippen molar-refractivity contribution in [3.63, 3.8) is 0 Å². The molecular formula is C17H20ClN3O3. The molecule has 0 radical (unpaired) electrons. The van der Waals surface area contributed by atoms with Crippen molar-refractivity contribution in [2.75, 3.05) is 18.0 Å². The van der Waals surface area contributed by atoms with Crippen LogP contribution in [0.3, 0.4) is 0 Å². The Morgan fingerprint density at radius 3 is 2.83 bits per heavy atom. The standard InChI is InChI=1S/C17H20ClN3O3/c18-12-5-1-2-7-14(12)21-10-11(9-15(21)22)16(23)20-13-6-3-4-8-19-17(13)24/h1-2,5,7,11,13H,3-4,6,8-10H2,(H,19,24)(H,20,23)/t11-,13-/m1/s1. The number of carbonyl (C=O) groups excluding carboxylic acids is 3. The monoisotopic (exact) mass is 349 g/mol. The fourth-order valence-electron chi connectivity index (χ4n) is 3.15. The van der Waals surface area contributed by atoms with Gasteiger partial charge in [0, 0.05) is 19.5 Å². The normalized spacial score (nSPS) is 24.5. The first kappa shape index (κ1) is 16.8. The fourth-order valence-corrected chi connectivity index (χ4v) is 3.39. The van der Waals surface area contributed by atoms with Crippen LogP contribution >= 0.6 is 11.6 Å². The largest absolute Gasteiger partial charge is 0.354 e. The Balaban J connectivity index is 1.66. The summed E-state index contributed by atoms with van der Waals surface area (Å²) in [4.78, 5) is 38.2. The summed E-state index contributed by atoms with van der Waals surface area (Å²) in [5.41, 5.74) is 0.617. The van der Waals surface area contributed by atoms with Gasteiger partial charge in [-0.2, -0.15) is 0 Å². The van der Waals surface area contributed by atoms with Crippen molar-refractivity contribution >= 4 is 35.0 Å². The minimum absolute atomic E-state index is 0.130. The molecule has 2 aliphatic heterocycles. The van der Waals surface area contributed by atoms with E-state index in [1.165, 1.54) is 0 Å². The molecule has 0 saturated carbocycles. The Bertz CT molecular complexity index is 664. The summed E-state index contributed by atoms with van der Waals surface area (Å²) >= 11 is 6.14. The van der Waals surface area contributed by atoms with Crippen LogP contribution in [0.15, 0.2) is 24.3 Å². The summed E-state index contributed by atoms with van der Waals surface area (Å²) in [5, 5.41) is 6.07. The second-order valence-electron chi connectivity index (χ2n) is 6.20. The number of hydrogen-bond donors (Lipinski definition) is 2. The molecule has 128 valence electrons. The van der Waals surface area contributed by atoms with Gasteiger partial charge in [-0.1, -0.05) is 23.7 Å². The number of nitrogens with zero attached hydrogens (tertiary/aromatic N) is 1. The van der Waals surface area contributed by atoms with E-state index in [4.69, 9.17) is 11.6 Å². The molecule has 2 N–H and O–H groups in total. The van der Waals surface area contributed by atoms with Gasteiger partial charge in [-0.05, 0) is 31.4 Å². The molecule has 2 aliphatic rings. The maximum absolute atomic E-state index is 12.5. The number of nitrogens with one attached hydrogen (secondary N) is 2. The fraction of sp³-hybridized carbons (Fsp3) is 0.471. The summed E-state index contributed by atoms with van der Waals surface area (Å²) in [6.07, 6.45) is 2.57.